The molecule has 0 aromatic carbocycles. The van der Waals surface area contributed by atoms with Crippen LogP contribution in [0.25, 0.3) is 0 Å². The Kier molecular flexibility index (Phi) is 5.48. The molecular formula is C9H15F3O2S. The quantitative estimate of drug-likeness (QED) is 0.729. The Bertz CT molecular complexity index is 214. The summed E-state index contributed by atoms with van der Waals surface area (Å²) in [5.41, 5.74) is -0.872. The summed E-state index contributed by atoms with van der Waals surface area (Å²) in [7, 11) is 0. The Morgan fingerprint density at radius 2 is 1.87 bits per heavy atom. The number of rotatable bonds is 6. The second kappa shape index (κ2) is 5.63. The molecule has 0 saturated carbocycles. The van der Waals surface area contributed by atoms with Crippen molar-refractivity contribution in [3.05, 3.63) is 0 Å². The van der Waals surface area contributed by atoms with Gasteiger partial charge in [-0.3, -0.25) is 4.79 Å². The summed E-state index contributed by atoms with van der Waals surface area (Å²) < 4.78 is 35.2. The number of carbonyl (C=O) groups is 1. The average Bonchev–Trinajstić information content (AvgIpc) is 2.00. The summed E-state index contributed by atoms with van der Waals surface area (Å²) in [6.45, 7) is 3.12. The molecule has 0 aromatic rings. The number of carboxylic acids is 1. The van der Waals surface area contributed by atoms with E-state index in [9.17, 15) is 18.0 Å². The molecule has 15 heavy (non-hydrogen) atoms. The van der Waals surface area contributed by atoms with Gasteiger partial charge in [-0.25, -0.2) is 0 Å². The lowest BCUT2D eigenvalue weighted by molar-refractivity contribution is -0.145. The van der Waals surface area contributed by atoms with Gasteiger partial charge in [0.2, 0.25) is 0 Å². The van der Waals surface area contributed by atoms with Gasteiger partial charge < -0.3 is 5.11 Å². The molecule has 90 valence electrons. The normalized spacial score (nSPS) is 12.9. The molecule has 0 aliphatic rings. The molecule has 0 rings (SSSR count). The number of halogens is 3. The van der Waals surface area contributed by atoms with Crippen LogP contribution >= 0.6 is 11.8 Å². The van der Waals surface area contributed by atoms with Crippen LogP contribution in [0, 0.1) is 5.41 Å². The van der Waals surface area contributed by atoms with E-state index in [0.717, 1.165) is 0 Å². The topological polar surface area (TPSA) is 37.3 Å². The Labute approximate surface area is 91.2 Å². The molecule has 0 aromatic heterocycles. The fraction of sp³-hybridized carbons (Fsp3) is 0.889. The second-order valence-electron chi connectivity index (χ2n) is 3.96. The highest BCUT2D eigenvalue weighted by Crippen LogP contribution is 2.25. The third kappa shape index (κ3) is 7.53. The van der Waals surface area contributed by atoms with Gasteiger partial charge in [0.25, 0.3) is 0 Å². The molecule has 0 saturated heterocycles. The van der Waals surface area contributed by atoms with Crippen LogP contribution in [-0.2, 0) is 4.79 Å². The van der Waals surface area contributed by atoms with Crippen molar-refractivity contribution in [2.45, 2.75) is 32.9 Å². The van der Waals surface area contributed by atoms with Gasteiger partial charge in [0.05, 0.1) is 5.41 Å². The van der Waals surface area contributed by atoms with Gasteiger partial charge in [-0.15, -0.1) is 0 Å². The van der Waals surface area contributed by atoms with E-state index in [4.69, 9.17) is 5.11 Å². The number of thioether (sulfide) groups is 1. The predicted molar refractivity (Wildman–Crippen MR) is 54.0 cm³/mol. The first kappa shape index (κ1) is 14.6. The van der Waals surface area contributed by atoms with Crippen molar-refractivity contribution in [2.24, 2.45) is 5.41 Å². The molecule has 1 N–H and O–H groups in total. The van der Waals surface area contributed by atoms with Crippen LogP contribution in [0.1, 0.15) is 26.7 Å². The van der Waals surface area contributed by atoms with Gasteiger partial charge >= 0.3 is 12.1 Å². The lowest BCUT2D eigenvalue weighted by Gasteiger charge is -2.18. The Morgan fingerprint density at radius 1 is 1.33 bits per heavy atom. The third-order valence-electron chi connectivity index (χ3n) is 1.79. The monoisotopic (exact) mass is 244 g/mol. The molecule has 6 heteroatoms. The van der Waals surface area contributed by atoms with Gasteiger partial charge in [0.1, 0.15) is 0 Å². The van der Waals surface area contributed by atoms with E-state index < -0.39 is 24.0 Å². The van der Waals surface area contributed by atoms with Crippen molar-refractivity contribution < 1.29 is 23.1 Å². The maximum absolute atomic E-state index is 11.7. The summed E-state index contributed by atoms with van der Waals surface area (Å²) in [6.07, 6.45) is -4.86. The minimum absolute atomic E-state index is 0.0455. The van der Waals surface area contributed by atoms with Crippen LogP contribution in [0.4, 0.5) is 13.2 Å². The summed E-state index contributed by atoms with van der Waals surface area (Å²) in [5, 5.41) is 8.73. The summed E-state index contributed by atoms with van der Waals surface area (Å²) in [6, 6.07) is 0. The lowest BCUT2D eigenvalue weighted by atomic mass is 9.97. The van der Waals surface area contributed by atoms with Crippen molar-refractivity contribution >= 4 is 17.7 Å². The van der Waals surface area contributed by atoms with Crippen molar-refractivity contribution in [3.8, 4) is 0 Å². The fourth-order valence-corrected chi connectivity index (χ4v) is 1.89. The van der Waals surface area contributed by atoms with E-state index in [1.807, 2.05) is 0 Å². The van der Waals surface area contributed by atoms with Crippen LogP contribution in [-0.4, -0.2) is 28.8 Å². The van der Waals surface area contributed by atoms with Gasteiger partial charge in [0.15, 0.2) is 0 Å². The molecule has 0 amide bonds. The highest BCUT2D eigenvalue weighted by Gasteiger charge is 2.28. The molecule has 0 aliphatic carbocycles. The summed E-state index contributed by atoms with van der Waals surface area (Å²) in [5.74, 6) is -0.248. The zero-order chi connectivity index (χ0) is 12.1. The molecule has 0 spiro atoms. The fourth-order valence-electron chi connectivity index (χ4n) is 0.764. The molecule has 0 atom stereocenters. The van der Waals surface area contributed by atoms with Gasteiger partial charge in [0, 0.05) is 12.2 Å². The van der Waals surface area contributed by atoms with Crippen LogP contribution in [0.3, 0.4) is 0 Å². The van der Waals surface area contributed by atoms with Gasteiger partial charge in [-0.1, -0.05) is 0 Å². The highest BCUT2D eigenvalue weighted by molar-refractivity contribution is 7.99. The van der Waals surface area contributed by atoms with Crippen LogP contribution in [0.5, 0.6) is 0 Å². The first-order valence-corrected chi connectivity index (χ1v) is 5.68. The minimum Gasteiger partial charge on any atom is -0.481 e. The largest absolute Gasteiger partial charge is 0.481 e. The first-order chi connectivity index (χ1) is 6.65. The second-order valence-corrected chi connectivity index (χ2v) is 5.07. The SMILES string of the molecule is CC(C)(CSCCCC(F)(F)F)C(=O)O. The summed E-state index contributed by atoms with van der Waals surface area (Å²) in [4.78, 5) is 10.7. The van der Waals surface area contributed by atoms with Crippen LogP contribution < -0.4 is 0 Å². The Balaban J connectivity index is 3.60. The zero-order valence-electron chi connectivity index (χ0n) is 8.73. The molecule has 2 nitrogen and oxygen atoms in total. The van der Waals surface area contributed by atoms with E-state index in [-0.39, 0.29) is 6.42 Å². The van der Waals surface area contributed by atoms with E-state index >= 15 is 0 Å². The number of hydrogen-bond donors (Lipinski definition) is 1. The van der Waals surface area contributed by atoms with Crippen molar-refractivity contribution in [1.82, 2.24) is 0 Å². The van der Waals surface area contributed by atoms with E-state index in [1.165, 1.54) is 11.8 Å². The number of aliphatic carboxylic acids is 1. The van der Waals surface area contributed by atoms with Gasteiger partial charge in [-0.2, -0.15) is 24.9 Å². The Morgan fingerprint density at radius 3 is 2.27 bits per heavy atom. The molecule has 0 heterocycles. The molecule has 0 aliphatic heterocycles. The maximum atomic E-state index is 11.7. The zero-order valence-corrected chi connectivity index (χ0v) is 9.54. The standard InChI is InChI=1S/C9H15F3O2S/c1-8(2,7(13)14)6-15-5-3-4-9(10,11)12/h3-6H2,1-2H3,(H,13,14). The number of alkyl halides is 3. The number of hydrogen-bond acceptors (Lipinski definition) is 2. The minimum atomic E-state index is -4.11. The van der Waals surface area contributed by atoms with E-state index in [1.54, 1.807) is 13.8 Å². The molecule has 0 unspecified atom stereocenters. The van der Waals surface area contributed by atoms with Crippen molar-refractivity contribution in [1.29, 1.82) is 0 Å². The predicted octanol–water partition coefficient (Wildman–Crippen LogP) is 3.17. The molecule has 0 bridgehead atoms. The molecule has 0 radical (unpaired) electrons. The van der Waals surface area contributed by atoms with Gasteiger partial charge in [-0.05, 0) is 26.0 Å². The lowest BCUT2D eigenvalue weighted by Crippen LogP contribution is -2.26. The van der Waals surface area contributed by atoms with Crippen LogP contribution in [0.2, 0.25) is 0 Å². The Hall–Kier alpha value is -0.390. The van der Waals surface area contributed by atoms with E-state index in [2.05, 4.69) is 0 Å². The molecule has 0 fully saturated rings. The smallest absolute Gasteiger partial charge is 0.389 e. The van der Waals surface area contributed by atoms with Crippen LogP contribution in [0.15, 0.2) is 0 Å². The average molecular weight is 244 g/mol. The maximum Gasteiger partial charge on any atom is 0.389 e. The highest BCUT2D eigenvalue weighted by atomic mass is 32.2. The van der Waals surface area contributed by atoms with Crippen molar-refractivity contribution in [2.75, 3.05) is 11.5 Å². The first-order valence-electron chi connectivity index (χ1n) is 4.53. The summed E-state index contributed by atoms with van der Waals surface area (Å²) >= 11 is 1.25. The van der Waals surface area contributed by atoms with Crippen molar-refractivity contribution in [3.63, 3.8) is 0 Å². The third-order valence-corrected chi connectivity index (χ3v) is 3.29. The number of carboxylic acid groups (broad SMARTS) is 1. The van der Waals surface area contributed by atoms with E-state index in [0.29, 0.717) is 11.5 Å². The molecular weight excluding hydrogens is 229 g/mol.